The molecule has 0 aromatic heterocycles. The summed E-state index contributed by atoms with van der Waals surface area (Å²) in [6.07, 6.45) is 19.1. The molecule has 35 heavy (non-hydrogen) atoms. The van der Waals surface area contributed by atoms with E-state index in [2.05, 4.69) is 52.4 Å². The standard InChI is InChI=1S/C27H50IN7/c28-33-13-9-25(10-14-33)7-3-24(4-8-25)31-32-34-15-11-26(12-16-34)17-22(18-26)19-30-35-20-27(21-35)5-1-23(29)2-6-27/h22-24,30-32H,1-21,29H2. The number of nitrogens with one attached hydrogen (secondary N) is 3. The number of rotatable bonds is 6. The van der Waals surface area contributed by atoms with E-state index in [1.165, 1.54) is 136 Å². The second-order valence-corrected chi connectivity index (χ2v) is 15.1. The average Bonchev–Trinajstić information content (AvgIpc) is 2.84. The summed E-state index contributed by atoms with van der Waals surface area (Å²) < 4.78 is 2.48. The van der Waals surface area contributed by atoms with Gasteiger partial charge in [-0.15, -0.1) is 0 Å². The van der Waals surface area contributed by atoms with Crippen molar-refractivity contribution in [3.05, 3.63) is 0 Å². The number of hydrogen-bond acceptors (Lipinski definition) is 7. The summed E-state index contributed by atoms with van der Waals surface area (Å²) in [6.45, 7) is 8.68. The van der Waals surface area contributed by atoms with E-state index in [-0.39, 0.29) is 0 Å². The smallest absolute Gasteiger partial charge is 0.0226 e. The zero-order valence-electron chi connectivity index (χ0n) is 21.9. The molecule has 0 amide bonds. The highest BCUT2D eigenvalue weighted by atomic mass is 127. The molecule has 6 rings (SSSR count). The minimum Gasteiger partial charge on any atom is -0.328 e. The third-order valence-corrected chi connectivity index (χ3v) is 12.2. The van der Waals surface area contributed by atoms with Gasteiger partial charge in [0.05, 0.1) is 0 Å². The summed E-state index contributed by atoms with van der Waals surface area (Å²) in [6, 6.07) is 1.12. The Bertz CT molecular complexity index is 684. The van der Waals surface area contributed by atoms with E-state index < -0.39 is 0 Å². The van der Waals surface area contributed by atoms with Crippen LogP contribution < -0.4 is 22.1 Å². The summed E-state index contributed by atoms with van der Waals surface area (Å²) in [7, 11) is 0. The Labute approximate surface area is 227 Å². The van der Waals surface area contributed by atoms with Crippen molar-refractivity contribution in [2.45, 2.75) is 102 Å². The monoisotopic (exact) mass is 599 g/mol. The zero-order chi connectivity index (χ0) is 23.9. The number of piperidine rings is 2. The highest BCUT2D eigenvalue weighted by molar-refractivity contribution is 14.1. The van der Waals surface area contributed by atoms with Crippen LogP contribution in [0.1, 0.15) is 89.9 Å². The van der Waals surface area contributed by atoms with Crippen LogP contribution in [0.15, 0.2) is 0 Å². The third kappa shape index (κ3) is 5.89. The molecule has 0 aromatic carbocycles. The number of hydrogen-bond donors (Lipinski definition) is 4. The molecule has 0 radical (unpaired) electrons. The fraction of sp³-hybridized carbons (Fsp3) is 1.00. The molecule has 3 saturated heterocycles. The average molecular weight is 600 g/mol. The topological polar surface area (TPSA) is 71.8 Å². The maximum Gasteiger partial charge on any atom is 0.0226 e. The first-order valence-corrected chi connectivity index (χ1v) is 15.8. The molecular weight excluding hydrogens is 549 g/mol. The van der Waals surface area contributed by atoms with Crippen LogP contribution in [0.3, 0.4) is 0 Å². The summed E-state index contributed by atoms with van der Waals surface area (Å²) in [5.74, 6) is 0.887. The van der Waals surface area contributed by atoms with E-state index in [4.69, 9.17) is 5.73 Å². The molecular formula is C27H50IN7. The molecule has 3 saturated carbocycles. The quantitative estimate of drug-likeness (QED) is 0.212. The molecule has 3 heterocycles. The molecule has 6 aliphatic rings. The Morgan fingerprint density at radius 3 is 1.97 bits per heavy atom. The first-order chi connectivity index (χ1) is 16.9. The fourth-order valence-corrected chi connectivity index (χ4v) is 9.01. The third-order valence-electron chi connectivity index (χ3n) is 11.3. The molecule has 3 aliphatic carbocycles. The minimum atomic E-state index is 0.467. The van der Waals surface area contributed by atoms with E-state index >= 15 is 0 Å². The van der Waals surface area contributed by atoms with Crippen molar-refractivity contribution in [1.29, 1.82) is 0 Å². The lowest BCUT2D eigenvalue weighted by Crippen LogP contribution is -2.64. The van der Waals surface area contributed by atoms with Crippen LogP contribution in [0, 0.1) is 22.2 Å². The van der Waals surface area contributed by atoms with Crippen LogP contribution in [0.4, 0.5) is 0 Å². The molecule has 0 aromatic rings. The van der Waals surface area contributed by atoms with Gasteiger partial charge in [0.1, 0.15) is 0 Å². The fourth-order valence-electron chi connectivity index (χ4n) is 8.52. The maximum atomic E-state index is 6.11. The number of nitrogens with two attached hydrogens (primary N) is 1. The first kappa shape index (κ1) is 25.7. The summed E-state index contributed by atoms with van der Waals surface area (Å²) in [5, 5.41) is 4.96. The van der Waals surface area contributed by atoms with Crippen LogP contribution in [-0.4, -0.2) is 71.0 Å². The lowest BCUT2D eigenvalue weighted by atomic mass is 9.57. The number of halogens is 1. The Morgan fingerprint density at radius 2 is 1.31 bits per heavy atom. The van der Waals surface area contributed by atoms with Crippen molar-refractivity contribution < 1.29 is 0 Å². The van der Waals surface area contributed by atoms with E-state index in [9.17, 15) is 0 Å². The highest BCUT2D eigenvalue weighted by Crippen LogP contribution is 2.52. The maximum absolute atomic E-state index is 6.11. The second-order valence-electron chi connectivity index (χ2n) is 13.8. The summed E-state index contributed by atoms with van der Waals surface area (Å²) in [5.41, 5.74) is 19.1. The molecule has 0 bridgehead atoms. The molecule has 5 N–H and O–H groups in total. The van der Waals surface area contributed by atoms with E-state index in [1.54, 1.807) is 0 Å². The number of nitrogens with zero attached hydrogens (tertiary/aromatic N) is 3. The van der Waals surface area contributed by atoms with Gasteiger partial charge in [0, 0.05) is 80.8 Å². The minimum absolute atomic E-state index is 0.467. The van der Waals surface area contributed by atoms with Gasteiger partial charge in [-0.2, -0.15) is 5.53 Å². The van der Waals surface area contributed by atoms with Crippen molar-refractivity contribution >= 4 is 22.9 Å². The van der Waals surface area contributed by atoms with Crippen molar-refractivity contribution in [2.24, 2.45) is 27.9 Å². The summed E-state index contributed by atoms with van der Waals surface area (Å²) >= 11 is 2.50. The lowest BCUT2D eigenvalue weighted by molar-refractivity contribution is -0.0820. The van der Waals surface area contributed by atoms with Crippen LogP contribution in [0.25, 0.3) is 0 Å². The molecule has 3 spiro atoms. The largest absolute Gasteiger partial charge is 0.328 e. The van der Waals surface area contributed by atoms with Crippen molar-refractivity contribution in [3.63, 3.8) is 0 Å². The van der Waals surface area contributed by atoms with Crippen LogP contribution >= 0.6 is 22.9 Å². The van der Waals surface area contributed by atoms with Crippen LogP contribution in [-0.2, 0) is 0 Å². The Kier molecular flexibility index (Phi) is 7.75. The predicted octanol–water partition coefficient (Wildman–Crippen LogP) is 3.57. The molecule has 0 atom stereocenters. The van der Waals surface area contributed by atoms with E-state index in [0.29, 0.717) is 28.3 Å². The second kappa shape index (κ2) is 10.5. The molecule has 8 heteroatoms. The van der Waals surface area contributed by atoms with Gasteiger partial charge < -0.3 is 5.73 Å². The number of hydrazine groups is 3. The molecule has 200 valence electrons. The van der Waals surface area contributed by atoms with Gasteiger partial charge in [-0.25, -0.2) is 18.6 Å². The van der Waals surface area contributed by atoms with Crippen LogP contribution in [0.5, 0.6) is 0 Å². The van der Waals surface area contributed by atoms with Crippen molar-refractivity contribution in [1.82, 2.24) is 29.5 Å². The Morgan fingerprint density at radius 1 is 0.714 bits per heavy atom. The van der Waals surface area contributed by atoms with Crippen molar-refractivity contribution in [3.8, 4) is 0 Å². The van der Waals surface area contributed by atoms with Gasteiger partial charge in [-0.3, -0.25) is 5.43 Å². The van der Waals surface area contributed by atoms with Gasteiger partial charge in [-0.05, 0) is 112 Å². The molecule has 0 unspecified atom stereocenters. The van der Waals surface area contributed by atoms with Gasteiger partial charge in [-0.1, -0.05) is 0 Å². The SMILES string of the molecule is NC1CCC2(CC1)CN(NCC1CC3(CCN(NNC4CCC5(CC4)CCN(I)CC5)CC3)C1)C2. The Hall–Kier alpha value is 0.450. The molecule has 3 aliphatic heterocycles. The Balaban J connectivity index is 0.827. The van der Waals surface area contributed by atoms with Gasteiger partial charge in [0.15, 0.2) is 0 Å². The first-order valence-electron chi connectivity index (χ1n) is 14.8. The molecule has 6 fully saturated rings. The molecule has 7 nitrogen and oxygen atoms in total. The lowest BCUT2D eigenvalue weighted by Gasteiger charge is -2.55. The highest BCUT2D eigenvalue weighted by Gasteiger charge is 2.48. The zero-order valence-corrected chi connectivity index (χ0v) is 24.0. The summed E-state index contributed by atoms with van der Waals surface area (Å²) in [4.78, 5) is 0. The predicted molar refractivity (Wildman–Crippen MR) is 150 cm³/mol. The van der Waals surface area contributed by atoms with Gasteiger partial charge >= 0.3 is 0 Å². The van der Waals surface area contributed by atoms with Gasteiger partial charge in [0.25, 0.3) is 0 Å². The normalized spacial score (nSPS) is 35.8. The van der Waals surface area contributed by atoms with E-state index in [1.807, 2.05) is 0 Å². The van der Waals surface area contributed by atoms with Crippen molar-refractivity contribution in [2.75, 3.05) is 45.8 Å². The van der Waals surface area contributed by atoms with Gasteiger partial charge in [0.2, 0.25) is 0 Å². The van der Waals surface area contributed by atoms with E-state index in [0.717, 1.165) is 5.92 Å². The van der Waals surface area contributed by atoms with Crippen LogP contribution in [0.2, 0.25) is 0 Å².